The molecule has 2 aromatic carbocycles. The number of Topliss-reactive ketones (excluding diaryl/α,β-unsaturated/α-hetero) is 1. The van der Waals surface area contributed by atoms with E-state index < -0.39 is 11.9 Å². The number of carboxylic acids is 1. The van der Waals surface area contributed by atoms with Crippen LogP contribution in [0.5, 0.6) is 0 Å². The van der Waals surface area contributed by atoms with Gasteiger partial charge in [0.1, 0.15) is 0 Å². The lowest BCUT2D eigenvalue weighted by Gasteiger charge is -2.49. The molecule has 1 N–H and O–H groups in total. The zero-order chi connectivity index (χ0) is 17.4. The first-order valence-electron chi connectivity index (χ1n) is 8.77. The monoisotopic (exact) mass is 335 g/mol. The van der Waals surface area contributed by atoms with Crippen LogP contribution >= 0.6 is 0 Å². The fraction of sp³-hybridized carbons (Fsp3) is 0.333. The number of hydrogen-bond donors (Lipinski definition) is 1. The number of carboxylic acid groups (broad SMARTS) is 1. The Bertz CT molecular complexity index is 735. The molecule has 0 saturated carbocycles. The number of rotatable bonds is 4. The van der Waals surface area contributed by atoms with E-state index in [4.69, 9.17) is 0 Å². The third-order valence-corrected chi connectivity index (χ3v) is 5.64. The van der Waals surface area contributed by atoms with E-state index in [1.807, 2.05) is 36.4 Å². The summed E-state index contributed by atoms with van der Waals surface area (Å²) in [6.45, 7) is 1.26. The van der Waals surface area contributed by atoms with Crippen molar-refractivity contribution in [1.29, 1.82) is 0 Å². The van der Waals surface area contributed by atoms with Crippen molar-refractivity contribution < 1.29 is 14.7 Å². The van der Waals surface area contributed by atoms with Crippen molar-refractivity contribution in [3.8, 4) is 0 Å². The highest BCUT2D eigenvalue weighted by Crippen LogP contribution is 2.41. The maximum atomic E-state index is 13.2. The number of fused-ring (bicyclic) bond motifs is 3. The van der Waals surface area contributed by atoms with Crippen LogP contribution in [-0.4, -0.2) is 40.9 Å². The van der Waals surface area contributed by atoms with Crippen LogP contribution in [0.4, 0.5) is 0 Å². The molecule has 2 aromatic rings. The van der Waals surface area contributed by atoms with Gasteiger partial charge in [0.05, 0.1) is 12.0 Å². The van der Waals surface area contributed by atoms with Crippen LogP contribution in [0.2, 0.25) is 0 Å². The summed E-state index contributed by atoms with van der Waals surface area (Å²) < 4.78 is 0. The second-order valence-corrected chi connectivity index (χ2v) is 6.98. The molecule has 4 heteroatoms. The van der Waals surface area contributed by atoms with E-state index in [0.29, 0.717) is 13.0 Å². The summed E-state index contributed by atoms with van der Waals surface area (Å²) in [7, 11) is 0. The fourth-order valence-corrected chi connectivity index (χ4v) is 4.47. The Morgan fingerprint density at radius 3 is 2.04 bits per heavy atom. The number of ketones is 1. The minimum Gasteiger partial charge on any atom is -0.481 e. The largest absolute Gasteiger partial charge is 0.481 e. The van der Waals surface area contributed by atoms with E-state index >= 15 is 0 Å². The van der Waals surface area contributed by atoms with Gasteiger partial charge >= 0.3 is 5.97 Å². The first kappa shape index (κ1) is 16.0. The molecule has 0 aromatic heterocycles. The highest BCUT2D eigenvalue weighted by atomic mass is 16.4. The second-order valence-electron chi connectivity index (χ2n) is 6.98. The van der Waals surface area contributed by atoms with E-state index in [2.05, 4.69) is 29.2 Å². The SMILES string of the molecule is O=C(O)[C@H]1CN2CC[C@@H]1C(=O)C2C(c1ccccc1)c1ccccc1. The van der Waals surface area contributed by atoms with Gasteiger partial charge in [-0.3, -0.25) is 14.5 Å². The van der Waals surface area contributed by atoms with Crippen molar-refractivity contribution in [2.75, 3.05) is 13.1 Å². The van der Waals surface area contributed by atoms with Gasteiger partial charge in [0.25, 0.3) is 0 Å². The smallest absolute Gasteiger partial charge is 0.308 e. The van der Waals surface area contributed by atoms with Crippen molar-refractivity contribution in [2.45, 2.75) is 18.4 Å². The van der Waals surface area contributed by atoms with Crippen molar-refractivity contribution >= 4 is 11.8 Å². The van der Waals surface area contributed by atoms with Crippen molar-refractivity contribution in [1.82, 2.24) is 4.90 Å². The molecular formula is C21H21NO3. The lowest BCUT2D eigenvalue weighted by molar-refractivity contribution is -0.159. The van der Waals surface area contributed by atoms with Gasteiger partial charge in [0, 0.05) is 18.4 Å². The Labute approximate surface area is 147 Å². The highest BCUT2D eigenvalue weighted by molar-refractivity contribution is 5.93. The van der Waals surface area contributed by atoms with E-state index in [9.17, 15) is 14.7 Å². The average Bonchev–Trinajstić information content (AvgIpc) is 2.66. The maximum Gasteiger partial charge on any atom is 0.308 e. The normalized spacial score (nSPS) is 28.3. The molecule has 0 amide bonds. The highest BCUT2D eigenvalue weighted by Gasteiger charge is 2.52. The summed E-state index contributed by atoms with van der Waals surface area (Å²) in [5, 5.41) is 9.46. The second kappa shape index (κ2) is 6.45. The molecule has 3 aliphatic rings. The van der Waals surface area contributed by atoms with Crippen LogP contribution in [0.1, 0.15) is 23.5 Å². The molecule has 128 valence electrons. The Kier molecular flexibility index (Phi) is 4.14. The average molecular weight is 335 g/mol. The lowest BCUT2D eigenvalue weighted by atomic mass is 9.69. The van der Waals surface area contributed by atoms with Crippen LogP contribution in [0.15, 0.2) is 60.7 Å². The summed E-state index contributed by atoms with van der Waals surface area (Å²) in [6, 6.07) is 19.9. The molecule has 4 nitrogen and oxygen atoms in total. The quantitative estimate of drug-likeness (QED) is 0.933. The molecule has 3 saturated heterocycles. The van der Waals surface area contributed by atoms with Crippen molar-refractivity contribution in [3.63, 3.8) is 0 Å². The predicted molar refractivity (Wildman–Crippen MR) is 94.3 cm³/mol. The van der Waals surface area contributed by atoms with Crippen LogP contribution in [0.3, 0.4) is 0 Å². The lowest BCUT2D eigenvalue weighted by Crippen LogP contribution is -2.62. The Hall–Kier alpha value is -2.46. The number of piperidine rings is 3. The summed E-state index contributed by atoms with van der Waals surface area (Å²) in [5.74, 6) is -1.75. The van der Waals surface area contributed by atoms with Crippen LogP contribution in [-0.2, 0) is 9.59 Å². The zero-order valence-electron chi connectivity index (χ0n) is 13.9. The molecule has 4 atom stereocenters. The fourth-order valence-electron chi connectivity index (χ4n) is 4.47. The Morgan fingerprint density at radius 2 is 1.56 bits per heavy atom. The first-order valence-corrected chi connectivity index (χ1v) is 8.77. The molecule has 0 radical (unpaired) electrons. The number of aliphatic carboxylic acids is 1. The molecule has 2 unspecified atom stereocenters. The van der Waals surface area contributed by atoms with E-state index in [1.165, 1.54) is 0 Å². The van der Waals surface area contributed by atoms with Gasteiger partial charge < -0.3 is 5.11 Å². The minimum absolute atomic E-state index is 0.0626. The molecule has 3 aliphatic heterocycles. The van der Waals surface area contributed by atoms with Gasteiger partial charge in [0.2, 0.25) is 0 Å². The van der Waals surface area contributed by atoms with Gasteiger partial charge in [0.15, 0.2) is 5.78 Å². The number of carbonyl (C=O) groups is 2. The molecule has 2 bridgehead atoms. The summed E-state index contributed by atoms with van der Waals surface area (Å²) >= 11 is 0. The van der Waals surface area contributed by atoms with Crippen LogP contribution in [0.25, 0.3) is 0 Å². The predicted octanol–water partition coefficient (Wildman–Crippen LogP) is 2.79. The van der Waals surface area contributed by atoms with E-state index in [0.717, 1.165) is 17.7 Å². The Morgan fingerprint density at radius 1 is 1.00 bits per heavy atom. The third kappa shape index (κ3) is 2.76. The number of nitrogens with zero attached hydrogens (tertiary/aromatic N) is 1. The molecule has 5 rings (SSSR count). The number of carbonyl (C=O) groups excluding carboxylic acids is 1. The van der Waals surface area contributed by atoms with Gasteiger partial charge in [-0.05, 0) is 24.1 Å². The summed E-state index contributed by atoms with van der Waals surface area (Å²) in [4.78, 5) is 26.8. The van der Waals surface area contributed by atoms with Crippen LogP contribution < -0.4 is 0 Å². The molecule has 25 heavy (non-hydrogen) atoms. The summed E-state index contributed by atoms with van der Waals surface area (Å²) in [5.41, 5.74) is 2.21. The minimum atomic E-state index is -0.850. The molecule has 0 spiro atoms. The van der Waals surface area contributed by atoms with Crippen molar-refractivity contribution in [2.24, 2.45) is 11.8 Å². The van der Waals surface area contributed by atoms with Gasteiger partial charge in [-0.2, -0.15) is 0 Å². The number of hydrogen-bond acceptors (Lipinski definition) is 3. The molecular weight excluding hydrogens is 314 g/mol. The van der Waals surface area contributed by atoms with Crippen molar-refractivity contribution in [3.05, 3.63) is 71.8 Å². The molecule has 3 heterocycles. The van der Waals surface area contributed by atoms with Gasteiger partial charge in [-0.1, -0.05) is 60.7 Å². The standard InChI is InChI=1S/C21H21NO3/c23-20-16-11-12-22(13-17(16)21(24)25)19(20)18(14-7-3-1-4-8-14)15-9-5-2-6-10-15/h1-10,16-19H,11-13H2,(H,24,25)/t16-,17-,19?/m0/s1. The maximum absolute atomic E-state index is 13.2. The van der Waals surface area contributed by atoms with Gasteiger partial charge in [-0.15, -0.1) is 0 Å². The van der Waals surface area contributed by atoms with Gasteiger partial charge in [-0.25, -0.2) is 0 Å². The molecule has 0 aliphatic carbocycles. The molecule has 3 fully saturated rings. The van der Waals surface area contributed by atoms with E-state index in [1.54, 1.807) is 0 Å². The zero-order valence-corrected chi connectivity index (χ0v) is 13.9. The summed E-state index contributed by atoms with van der Waals surface area (Å²) in [6.07, 6.45) is 0.655. The topological polar surface area (TPSA) is 57.6 Å². The Balaban J connectivity index is 1.76. The van der Waals surface area contributed by atoms with E-state index in [-0.39, 0.29) is 23.7 Å². The number of benzene rings is 2. The third-order valence-electron chi connectivity index (χ3n) is 5.64. The van der Waals surface area contributed by atoms with Crippen LogP contribution in [0, 0.1) is 11.8 Å². The first-order chi connectivity index (χ1) is 12.2.